The Hall–Kier alpha value is -1.69. The summed E-state index contributed by atoms with van der Waals surface area (Å²) in [6.07, 6.45) is 0.620. The molecule has 0 aliphatic heterocycles. The maximum absolute atomic E-state index is 11.8. The molecule has 0 unspecified atom stereocenters. The van der Waals surface area contributed by atoms with Gasteiger partial charge in [-0.05, 0) is 19.3 Å². The van der Waals surface area contributed by atoms with Gasteiger partial charge >= 0.3 is 0 Å². The van der Waals surface area contributed by atoms with Gasteiger partial charge in [0.05, 0.1) is 13.2 Å². The van der Waals surface area contributed by atoms with Crippen molar-refractivity contribution in [1.29, 1.82) is 0 Å². The van der Waals surface area contributed by atoms with Gasteiger partial charge in [-0.15, -0.1) is 0 Å². The van der Waals surface area contributed by atoms with Crippen LogP contribution in [0.25, 0.3) is 0 Å². The molecule has 0 bridgehead atoms. The molecular weight excluding hydrogens is 232 g/mol. The van der Waals surface area contributed by atoms with E-state index in [1.54, 1.807) is 13.0 Å². The fourth-order valence-electron chi connectivity index (χ4n) is 1.52. The average Bonchev–Trinajstić information content (AvgIpc) is 2.27. The lowest BCUT2D eigenvalue weighted by molar-refractivity contribution is -0.117. The van der Waals surface area contributed by atoms with Crippen LogP contribution in [0.3, 0.4) is 0 Å². The molecule has 1 atom stereocenters. The highest BCUT2D eigenvalue weighted by molar-refractivity contribution is 5.93. The zero-order valence-corrected chi connectivity index (χ0v) is 11.2. The monoisotopic (exact) mass is 252 g/mol. The Balaban J connectivity index is 2.72. The molecule has 0 aliphatic carbocycles. The predicted molar refractivity (Wildman–Crippen MR) is 69.4 cm³/mol. The van der Waals surface area contributed by atoms with E-state index >= 15 is 0 Å². The van der Waals surface area contributed by atoms with Crippen LogP contribution in [0.1, 0.15) is 26.0 Å². The summed E-state index contributed by atoms with van der Waals surface area (Å²) in [6, 6.07) is 1.13. The summed E-state index contributed by atoms with van der Waals surface area (Å²) in [4.78, 5) is 19.9. The average molecular weight is 252 g/mol. The van der Waals surface area contributed by atoms with Crippen LogP contribution in [0.5, 0.6) is 5.88 Å². The van der Waals surface area contributed by atoms with E-state index in [4.69, 9.17) is 10.5 Å². The summed E-state index contributed by atoms with van der Waals surface area (Å²) in [6.45, 7) is 5.83. The van der Waals surface area contributed by atoms with Crippen LogP contribution < -0.4 is 15.8 Å². The molecule has 0 aromatic carbocycles. The lowest BCUT2D eigenvalue weighted by Gasteiger charge is -2.13. The molecule has 0 radical (unpaired) electrons. The van der Waals surface area contributed by atoms with Crippen molar-refractivity contribution in [2.75, 3.05) is 12.4 Å². The molecule has 100 valence electrons. The molecule has 6 nitrogen and oxygen atoms in total. The van der Waals surface area contributed by atoms with E-state index in [0.29, 0.717) is 18.2 Å². The van der Waals surface area contributed by atoms with Gasteiger partial charge in [-0.1, -0.05) is 13.8 Å². The van der Waals surface area contributed by atoms with E-state index in [-0.39, 0.29) is 11.9 Å². The first-order chi connectivity index (χ1) is 8.42. The fraction of sp³-hybridized carbons (Fsp3) is 0.583. The first kappa shape index (κ1) is 14.4. The number of hydrogen-bond donors (Lipinski definition) is 2. The minimum atomic E-state index is -0.555. The molecule has 0 saturated heterocycles. The van der Waals surface area contributed by atoms with E-state index in [1.807, 2.05) is 13.8 Å². The highest BCUT2D eigenvalue weighted by atomic mass is 16.5. The highest BCUT2D eigenvalue weighted by Gasteiger charge is 2.16. The van der Waals surface area contributed by atoms with Crippen LogP contribution in [-0.4, -0.2) is 29.0 Å². The van der Waals surface area contributed by atoms with Crippen molar-refractivity contribution >= 4 is 11.9 Å². The molecule has 0 saturated carbocycles. The zero-order valence-electron chi connectivity index (χ0n) is 11.2. The first-order valence-electron chi connectivity index (χ1n) is 5.88. The standard InChI is InChI=1S/C12H20N4O2/c1-7(2)5-9(13)11(17)16-12-14-8(3)6-10(15-12)18-4/h6-7,9H,5,13H2,1-4H3,(H,14,15,16,17)/t9-/m1/s1. The molecule has 18 heavy (non-hydrogen) atoms. The number of aromatic nitrogens is 2. The number of carbonyl (C=O) groups excluding carboxylic acids is 1. The normalized spacial score (nSPS) is 12.3. The largest absolute Gasteiger partial charge is 0.481 e. The minimum Gasteiger partial charge on any atom is -0.481 e. The summed E-state index contributed by atoms with van der Waals surface area (Å²) in [5.41, 5.74) is 6.49. The van der Waals surface area contributed by atoms with E-state index in [9.17, 15) is 4.79 Å². The van der Waals surface area contributed by atoms with Gasteiger partial charge in [-0.25, -0.2) is 4.98 Å². The fourth-order valence-corrected chi connectivity index (χ4v) is 1.52. The number of aryl methyl sites for hydroxylation is 1. The van der Waals surface area contributed by atoms with Gasteiger partial charge in [0.25, 0.3) is 0 Å². The van der Waals surface area contributed by atoms with Crippen LogP contribution in [0.15, 0.2) is 6.07 Å². The van der Waals surface area contributed by atoms with Crippen molar-refractivity contribution in [3.63, 3.8) is 0 Å². The van der Waals surface area contributed by atoms with Crippen LogP contribution in [0, 0.1) is 12.8 Å². The molecule has 1 rings (SSSR count). The molecule has 0 aliphatic rings. The summed E-state index contributed by atoms with van der Waals surface area (Å²) < 4.78 is 5.01. The van der Waals surface area contributed by atoms with E-state index in [0.717, 1.165) is 5.69 Å². The Morgan fingerprint density at radius 3 is 2.72 bits per heavy atom. The SMILES string of the molecule is COc1cc(C)nc(NC(=O)[C@H](N)CC(C)C)n1. The number of anilines is 1. The Bertz CT molecular complexity index is 421. The maximum atomic E-state index is 11.8. The molecule has 3 N–H and O–H groups in total. The van der Waals surface area contributed by atoms with Crippen molar-refractivity contribution in [2.45, 2.75) is 33.2 Å². The van der Waals surface area contributed by atoms with Gasteiger partial charge in [-0.2, -0.15) is 4.98 Å². The third kappa shape index (κ3) is 4.29. The number of ether oxygens (including phenoxy) is 1. The van der Waals surface area contributed by atoms with E-state index in [1.165, 1.54) is 7.11 Å². The van der Waals surface area contributed by atoms with Crippen LogP contribution >= 0.6 is 0 Å². The second kappa shape index (κ2) is 6.30. The number of methoxy groups -OCH3 is 1. The molecule has 1 aromatic heterocycles. The second-order valence-corrected chi connectivity index (χ2v) is 4.60. The van der Waals surface area contributed by atoms with Crippen molar-refractivity contribution in [3.8, 4) is 5.88 Å². The van der Waals surface area contributed by atoms with Crippen LogP contribution in [-0.2, 0) is 4.79 Å². The Morgan fingerprint density at radius 1 is 1.50 bits per heavy atom. The zero-order chi connectivity index (χ0) is 13.7. The molecular formula is C12H20N4O2. The minimum absolute atomic E-state index is 0.219. The molecule has 1 aromatic rings. The van der Waals surface area contributed by atoms with Gasteiger partial charge in [0.15, 0.2) is 0 Å². The number of rotatable bonds is 5. The van der Waals surface area contributed by atoms with Crippen LogP contribution in [0.2, 0.25) is 0 Å². The van der Waals surface area contributed by atoms with Crippen molar-refractivity contribution < 1.29 is 9.53 Å². The second-order valence-electron chi connectivity index (χ2n) is 4.60. The number of nitrogens with one attached hydrogen (secondary N) is 1. The molecule has 6 heteroatoms. The summed E-state index contributed by atoms with van der Waals surface area (Å²) in [5, 5.41) is 2.60. The van der Waals surface area contributed by atoms with E-state index < -0.39 is 6.04 Å². The van der Waals surface area contributed by atoms with E-state index in [2.05, 4.69) is 15.3 Å². The van der Waals surface area contributed by atoms with Crippen molar-refractivity contribution in [3.05, 3.63) is 11.8 Å². The summed E-state index contributed by atoms with van der Waals surface area (Å²) in [5.74, 6) is 0.710. The predicted octanol–water partition coefficient (Wildman–Crippen LogP) is 1.11. The lowest BCUT2D eigenvalue weighted by Crippen LogP contribution is -2.37. The van der Waals surface area contributed by atoms with Gasteiger partial charge < -0.3 is 10.5 Å². The van der Waals surface area contributed by atoms with Gasteiger partial charge in [-0.3, -0.25) is 10.1 Å². The Kier molecular flexibility index (Phi) is 5.03. The molecule has 1 amide bonds. The smallest absolute Gasteiger partial charge is 0.243 e. The number of hydrogen-bond acceptors (Lipinski definition) is 5. The van der Waals surface area contributed by atoms with Crippen LogP contribution in [0.4, 0.5) is 5.95 Å². The Labute approximate surface area is 107 Å². The summed E-state index contributed by atoms with van der Waals surface area (Å²) in [7, 11) is 1.51. The molecule has 0 spiro atoms. The van der Waals surface area contributed by atoms with Gasteiger partial charge in [0, 0.05) is 11.8 Å². The highest BCUT2D eigenvalue weighted by Crippen LogP contribution is 2.12. The number of amides is 1. The van der Waals surface area contributed by atoms with Crippen molar-refractivity contribution in [2.24, 2.45) is 11.7 Å². The number of nitrogens with zero attached hydrogens (tertiary/aromatic N) is 2. The molecule has 0 fully saturated rings. The molecule has 1 heterocycles. The number of carbonyl (C=O) groups is 1. The third-order valence-electron chi connectivity index (χ3n) is 2.34. The Morgan fingerprint density at radius 2 is 2.17 bits per heavy atom. The van der Waals surface area contributed by atoms with Gasteiger partial charge in [0.2, 0.25) is 17.7 Å². The lowest BCUT2D eigenvalue weighted by atomic mass is 10.0. The van der Waals surface area contributed by atoms with Gasteiger partial charge in [0.1, 0.15) is 0 Å². The topological polar surface area (TPSA) is 90.1 Å². The quantitative estimate of drug-likeness (QED) is 0.819. The number of nitrogens with two attached hydrogens (primary N) is 1. The summed E-state index contributed by atoms with van der Waals surface area (Å²) >= 11 is 0. The first-order valence-corrected chi connectivity index (χ1v) is 5.88. The van der Waals surface area contributed by atoms with Crippen molar-refractivity contribution in [1.82, 2.24) is 9.97 Å². The third-order valence-corrected chi connectivity index (χ3v) is 2.34. The maximum Gasteiger partial charge on any atom is 0.243 e.